The third-order valence-corrected chi connectivity index (χ3v) is 5.08. The molecular weight excluding hydrogens is 378 g/mol. The minimum absolute atomic E-state index is 0.0911. The van der Waals surface area contributed by atoms with E-state index in [4.69, 9.17) is 14.2 Å². The summed E-state index contributed by atoms with van der Waals surface area (Å²) in [5.74, 6) is 0.866. The van der Waals surface area contributed by atoms with Gasteiger partial charge in [0.15, 0.2) is 11.2 Å². The third kappa shape index (κ3) is 4.67. The largest absolute Gasteiger partial charge is 0.497 e. The van der Waals surface area contributed by atoms with Crippen LogP contribution < -0.4 is 14.8 Å². The number of carbonyl (C=O) groups excluding carboxylic acids is 2. The fourth-order valence-corrected chi connectivity index (χ4v) is 3.55. The summed E-state index contributed by atoms with van der Waals surface area (Å²) in [6.07, 6.45) is 1.63. The van der Waals surface area contributed by atoms with Crippen molar-refractivity contribution >= 4 is 29.2 Å². The lowest BCUT2D eigenvalue weighted by atomic mass is 10.0. The number of esters is 1. The minimum atomic E-state index is -0.613. The van der Waals surface area contributed by atoms with Gasteiger partial charge in [0.2, 0.25) is 0 Å². The van der Waals surface area contributed by atoms with Crippen LogP contribution in [0, 0.1) is 0 Å². The van der Waals surface area contributed by atoms with Crippen LogP contribution in [0.3, 0.4) is 0 Å². The van der Waals surface area contributed by atoms with Gasteiger partial charge in [-0.1, -0.05) is 12.1 Å². The topological polar surface area (TPSA) is 73.9 Å². The van der Waals surface area contributed by atoms with Crippen LogP contribution in [0.1, 0.15) is 17.3 Å². The van der Waals surface area contributed by atoms with Crippen LogP contribution in [0.15, 0.2) is 60.3 Å². The van der Waals surface area contributed by atoms with Gasteiger partial charge >= 0.3 is 5.97 Å². The Morgan fingerprint density at radius 2 is 1.96 bits per heavy atom. The Hall–Kier alpha value is -2.93. The van der Waals surface area contributed by atoms with Crippen LogP contribution >= 0.6 is 11.8 Å². The van der Waals surface area contributed by atoms with Crippen molar-refractivity contribution < 1.29 is 23.8 Å². The first-order chi connectivity index (χ1) is 13.6. The molecule has 2 aromatic carbocycles. The first-order valence-corrected chi connectivity index (χ1v) is 9.85. The van der Waals surface area contributed by atoms with Gasteiger partial charge in [0.25, 0.3) is 0 Å². The molecule has 0 radical (unpaired) electrons. The molecule has 1 aliphatic heterocycles. The number of Topliss-reactive ketones (excluding diaryl/α,β-unsaturated/α-hetero) is 1. The van der Waals surface area contributed by atoms with E-state index in [9.17, 15) is 9.59 Å². The van der Waals surface area contributed by atoms with Crippen molar-refractivity contribution in [2.24, 2.45) is 0 Å². The molecule has 7 heteroatoms. The number of nitrogens with one attached hydrogen (secondary N) is 1. The minimum Gasteiger partial charge on any atom is -0.497 e. The molecule has 0 saturated heterocycles. The zero-order valence-corrected chi connectivity index (χ0v) is 16.5. The number of benzene rings is 2. The molecule has 0 saturated carbocycles. The van der Waals surface area contributed by atoms with E-state index in [-0.39, 0.29) is 17.5 Å². The Kier molecular flexibility index (Phi) is 6.60. The zero-order valence-electron chi connectivity index (χ0n) is 15.6. The van der Waals surface area contributed by atoms with Gasteiger partial charge in [-0.3, -0.25) is 9.59 Å². The molecule has 1 aliphatic rings. The van der Waals surface area contributed by atoms with Gasteiger partial charge in [0.05, 0.1) is 30.6 Å². The monoisotopic (exact) mass is 399 g/mol. The summed E-state index contributed by atoms with van der Waals surface area (Å²) in [7, 11) is 1.60. The predicted octanol–water partition coefficient (Wildman–Crippen LogP) is 3.89. The lowest BCUT2D eigenvalue weighted by Gasteiger charge is -2.27. The van der Waals surface area contributed by atoms with Crippen molar-refractivity contribution in [1.29, 1.82) is 0 Å². The van der Waals surface area contributed by atoms with E-state index in [0.29, 0.717) is 23.5 Å². The fraction of sp³-hybridized carbons (Fsp3) is 0.238. The number of thioether (sulfide) groups is 1. The number of methoxy groups -OCH3 is 1. The standard InChI is InChI=1S/C21H21NO5S/c1-3-26-19(23)13-28-21-17(12-22-14-8-10-15(25-2)11-9-14)20(24)16-6-4-5-7-18(16)27-21/h4-12,21-22H,3,13H2,1-2H3/b17-12-/t21-/m0/s1. The number of ether oxygens (including phenoxy) is 3. The van der Waals surface area contributed by atoms with Gasteiger partial charge in [-0.15, -0.1) is 11.8 Å². The maximum Gasteiger partial charge on any atom is 0.316 e. The van der Waals surface area contributed by atoms with E-state index in [1.54, 1.807) is 38.4 Å². The highest BCUT2D eigenvalue weighted by molar-refractivity contribution is 8.00. The molecule has 0 unspecified atom stereocenters. The smallest absolute Gasteiger partial charge is 0.316 e. The van der Waals surface area contributed by atoms with Gasteiger partial charge < -0.3 is 19.5 Å². The van der Waals surface area contributed by atoms with Gasteiger partial charge in [0.1, 0.15) is 11.5 Å². The number of ketones is 1. The highest BCUT2D eigenvalue weighted by Crippen LogP contribution is 2.35. The van der Waals surface area contributed by atoms with Crippen molar-refractivity contribution in [3.63, 3.8) is 0 Å². The van der Waals surface area contributed by atoms with E-state index in [1.807, 2.05) is 30.3 Å². The Morgan fingerprint density at radius 1 is 1.21 bits per heavy atom. The second kappa shape index (κ2) is 9.32. The number of anilines is 1. The molecule has 1 heterocycles. The zero-order chi connectivity index (χ0) is 19.9. The molecule has 1 atom stereocenters. The van der Waals surface area contributed by atoms with Crippen LogP contribution in [-0.4, -0.2) is 36.7 Å². The summed E-state index contributed by atoms with van der Waals surface area (Å²) >= 11 is 1.22. The molecular formula is C21H21NO5S. The summed E-state index contributed by atoms with van der Waals surface area (Å²) in [6, 6.07) is 14.4. The quantitative estimate of drug-likeness (QED) is 0.559. The van der Waals surface area contributed by atoms with Crippen molar-refractivity contribution in [1.82, 2.24) is 0 Å². The Balaban J connectivity index is 1.82. The molecule has 0 aromatic heterocycles. The molecule has 3 rings (SSSR count). The molecule has 6 nitrogen and oxygen atoms in total. The summed E-state index contributed by atoms with van der Waals surface area (Å²) in [6.45, 7) is 2.07. The van der Waals surface area contributed by atoms with E-state index >= 15 is 0 Å². The number of hydrogen-bond acceptors (Lipinski definition) is 7. The Bertz CT molecular complexity index is 879. The van der Waals surface area contributed by atoms with E-state index in [0.717, 1.165) is 11.4 Å². The summed E-state index contributed by atoms with van der Waals surface area (Å²) in [4.78, 5) is 24.7. The number of rotatable bonds is 7. The molecule has 0 amide bonds. The average molecular weight is 399 g/mol. The summed E-state index contributed by atoms with van der Waals surface area (Å²) in [5, 5.41) is 3.12. The first-order valence-electron chi connectivity index (χ1n) is 8.80. The van der Waals surface area contributed by atoms with Crippen LogP contribution in [0.5, 0.6) is 11.5 Å². The number of carbonyl (C=O) groups is 2. The molecule has 0 fully saturated rings. The van der Waals surface area contributed by atoms with Crippen LogP contribution in [0.4, 0.5) is 5.69 Å². The van der Waals surface area contributed by atoms with E-state index in [1.165, 1.54) is 11.8 Å². The molecule has 1 N–H and O–H groups in total. The lowest BCUT2D eigenvalue weighted by molar-refractivity contribution is -0.139. The van der Waals surface area contributed by atoms with Gasteiger partial charge in [-0.2, -0.15) is 0 Å². The second-order valence-corrected chi connectivity index (χ2v) is 6.91. The van der Waals surface area contributed by atoms with E-state index in [2.05, 4.69) is 5.32 Å². The van der Waals surface area contributed by atoms with Crippen molar-refractivity contribution in [3.8, 4) is 11.5 Å². The average Bonchev–Trinajstić information content (AvgIpc) is 2.72. The fourth-order valence-electron chi connectivity index (χ4n) is 2.65. The lowest BCUT2D eigenvalue weighted by Crippen LogP contribution is -2.29. The van der Waals surface area contributed by atoms with Crippen molar-refractivity contribution in [2.45, 2.75) is 12.4 Å². The highest BCUT2D eigenvalue weighted by Gasteiger charge is 2.32. The van der Waals surface area contributed by atoms with Gasteiger partial charge in [-0.05, 0) is 43.3 Å². The van der Waals surface area contributed by atoms with E-state index < -0.39 is 5.44 Å². The number of para-hydroxylation sites is 1. The second-order valence-electron chi connectivity index (χ2n) is 5.86. The predicted molar refractivity (Wildman–Crippen MR) is 109 cm³/mol. The number of fused-ring (bicyclic) bond motifs is 1. The molecule has 2 aromatic rings. The van der Waals surface area contributed by atoms with Crippen molar-refractivity contribution in [2.75, 3.05) is 24.8 Å². The van der Waals surface area contributed by atoms with Gasteiger partial charge in [0, 0.05) is 11.9 Å². The summed E-state index contributed by atoms with van der Waals surface area (Å²) in [5.41, 5.74) is 1.12. The summed E-state index contributed by atoms with van der Waals surface area (Å²) < 4.78 is 16.1. The van der Waals surface area contributed by atoms with Crippen LogP contribution in [0.25, 0.3) is 0 Å². The first kappa shape index (κ1) is 19.8. The number of hydrogen-bond donors (Lipinski definition) is 1. The van der Waals surface area contributed by atoms with Crippen LogP contribution in [0.2, 0.25) is 0 Å². The highest BCUT2D eigenvalue weighted by atomic mass is 32.2. The Labute approximate surface area is 167 Å². The molecule has 28 heavy (non-hydrogen) atoms. The maximum absolute atomic E-state index is 13.0. The Morgan fingerprint density at radius 3 is 2.68 bits per heavy atom. The van der Waals surface area contributed by atoms with Crippen LogP contribution in [-0.2, 0) is 9.53 Å². The van der Waals surface area contributed by atoms with Gasteiger partial charge in [-0.25, -0.2) is 0 Å². The molecule has 0 bridgehead atoms. The maximum atomic E-state index is 13.0. The molecule has 0 aliphatic carbocycles. The SMILES string of the molecule is CCOC(=O)CS[C@@H]1Oc2ccccc2C(=O)/C1=C/Nc1ccc(OC)cc1. The molecule has 146 valence electrons. The molecule has 0 spiro atoms. The normalized spacial score (nSPS) is 16.9. The third-order valence-electron chi connectivity index (χ3n) is 4.02. The van der Waals surface area contributed by atoms with Crippen molar-refractivity contribution in [3.05, 3.63) is 65.9 Å².